The minimum absolute atomic E-state index is 0.411. The highest BCUT2D eigenvalue weighted by atomic mass is 15.3. The first-order chi connectivity index (χ1) is 13.4. The fourth-order valence-electron chi connectivity index (χ4n) is 5.02. The van der Waals surface area contributed by atoms with Gasteiger partial charge < -0.3 is 15.5 Å². The molecule has 1 aromatic heterocycles. The summed E-state index contributed by atoms with van der Waals surface area (Å²) in [6, 6.07) is 11.4. The van der Waals surface area contributed by atoms with Gasteiger partial charge in [-0.1, -0.05) is 30.3 Å². The van der Waals surface area contributed by atoms with E-state index in [1.165, 1.54) is 31.2 Å². The number of hydrogen-bond donors (Lipinski definition) is 2. The summed E-state index contributed by atoms with van der Waals surface area (Å²) in [5, 5.41) is 6.91. The van der Waals surface area contributed by atoms with Crippen LogP contribution < -0.4 is 15.5 Å². The van der Waals surface area contributed by atoms with Crippen molar-refractivity contribution >= 4 is 11.9 Å². The molecule has 6 nitrogen and oxygen atoms in total. The van der Waals surface area contributed by atoms with E-state index in [0.717, 1.165) is 44.0 Å². The summed E-state index contributed by atoms with van der Waals surface area (Å²) >= 11 is 0. The second-order valence-corrected chi connectivity index (χ2v) is 8.21. The van der Waals surface area contributed by atoms with Crippen molar-refractivity contribution in [2.75, 3.05) is 36.4 Å². The van der Waals surface area contributed by atoms with E-state index in [1.54, 1.807) is 6.33 Å². The van der Waals surface area contributed by atoms with Gasteiger partial charge in [-0.25, -0.2) is 9.97 Å². The Kier molecular flexibility index (Phi) is 4.66. The maximum atomic E-state index is 4.74. The Balaban J connectivity index is 1.27. The molecule has 1 unspecified atom stereocenters. The van der Waals surface area contributed by atoms with Gasteiger partial charge in [0.2, 0.25) is 11.9 Å². The first-order valence-corrected chi connectivity index (χ1v) is 10.3. The van der Waals surface area contributed by atoms with E-state index in [1.807, 2.05) is 0 Å². The Morgan fingerprint density at radius 1 is 1.11 bits per heavy atom. The van der Waals surface area contributed by atoms with Crippen LogP contribution in [0.5, 0.6) is 0 Å². The Labute approximate surface area is 160 Å². The molecule has 1 saturated carbocycles. The van der Waals surface area contributed by atoms with E-state index in [2.05, 4.69) is 55.8 Å². The number of fused-ring (bicyclic) bond motifs is 1. The second-order valence-electron chi connectivity index (χ2n) is 8.21. The highest BCUT2D eigenvalue weighted by Crippen LogP contribution is 2.51. The summed E-state index contributed by atoms with van der Waals surface area (Å²) in [6.45, 7) is 4.20. The lowest BCUT2D eigenvalue weighted by atomic mass is 9.59. The molecule has 0 radical (unpaired) electrons. The van der Waals surface area contributed by atoms with Gasteiger partial charge in [-0.3, -0.25) is 0 Å². The molecule has 0 bridgehead atoms. The molecule has 2 saturated heterocycles. The van der Waals surface area contributed by atoms with Crippen LogP contribution in [-0.2, 0) is 0 Å². The molecule has 0 spiro atoms. The molecule has 6 heteroatoms. The standard InChI is InChI=1S/C21H28N6/c1-2-5-15(6-3-1)18-11-16-8-10-27(13-19(16)18)21-24-14-23-20(26-21)25-17-7-4-9-22-12-17/h1-3,5-6,14,16-19,22H,4,7-13H2,(H,23,24,25,26)/t16-,17?,18+,19-/m0/s1. The molecular formula is C21H28N6. The van der Waals surface area contributed by atoms with Crippen molar-refractivity contribution in [2.24, 2.45) is 11.8 Å². The zero-order valence-electron chi connectivity index (χ0n) is 15.7. The Hall–Kier alpha value is -2.21. The number of aromatic nitrogens is 3. The summed E-state index contributed by atoms with van der Waals surface area (Å²) in [6.07, 6.45) is 6.60. The van der Waals surface area contributed by atoms with E-state index < -0.39 is 0 Å². The summed E-state index contributed by atoms with van der Waals surface area (Å²) in [5.74, 6) is 3.81. The summed E-state index contributed by atoms with van der Waals surface area (Å²) in [4.78, 5) is 15.9. The molecular weight excluding hydrogens is 336 g/mol. The number of hydrogen-bond acceptors (Lipinski definition) is 6. The molecule has 2 aliphatic heterocycles. The quantitative estimate of drug-likeness (QED) is 0.870. The number of nitrogens with one attached hydrogen (secondary N) is 2. The zero-order valence-corrected chi connectivity index (χ0v) is 15.7. The van der Waals surface area contributed by atoms with Gasteiger partial charge in [-0.15, -0.1) is 0 Å². The van der Waals surface area contributed by atoms with Crippen molar-refractivity contribution in [1.29, 1.82) is 0 Å². The van der Waals surface area contributed by atoms with Crippen LogP contribution in [0.15, 0.2) is 36.7 Å². The number of rotatable bonds is 4. The topological polar surface area (TPSA) is 66.0 Å². The lowest BCUT2D eigenvalue weighted by Crippen LogP contribution is -2.50. The van der Waals surface area contributed by atoms with E-state index >= 15 is 0 Å². The number of anilines is 2. The van der Waals surface area contributed by atoms with E-state index in [9.17, 15) is 0 Å². The van der Waals surface area contributed by atoms with Crippen molar-refractivity contribution in [2.45, 2.75) is 37.6 Å². The third kappa shape index (κ3) is 3.50. The Morgan fingerprint density at radius 2 is 2.04 bits per heavy atom. The van der Waals surface area contributed by atoms with Crippen LogP contribution in [0.1, 0.15) is 37.2 Å². The van der Waals surface area contributed by atoms with Crippen LogP contribution in [0.25, 0.3) is 0 Å². The molecule has 142 valence electrons. The van der Waals surface area contributed by atoms with Crippen LogP contribution in [0, 0.1) is 11.8 Å². The van der Waals surface area contributed by atoms with Gasteiger partial charge in [0.15, 0.2) is 0 Å². The van der Waals surface area contributed by atoms with Crippen LogP contribution in [0.2, 0.25) is 0 Å². The molecule has 5 rings (SSSR count). The van der Waals surface area contributed by atoms with Crippen LogP contribution in [0.4, 0.5) is 11.9 Å². The average molecular weight is 364 g/mol. The lowest BCUT2D eigenvalue weighted by Gasteiger charge is -2.51. The molecule has 3 aliphatic rings. The smallest absolute Gasteiger partial charge is 0.230 e. The van der Waals surface area contributed by atoms with Gasteiger partial charge in [0.1, 0.15) is 6.33 Å². The summed E-state index contributed by atoms with van der Waals surface area (Å²) in [5.41, 5.74) is 1.49. The minimum Gasteiger partial charge on any atom is -0.350 e. The highest BCUT2D eigenvalue weighted by molar-refractivity contribution is 5.38. The maximum absolute atomic E-state index is 4.74. The first kappa shape index (κ1) is 16.9. The highest BCUT2D eigenvalue weighted by Gasteiger charge is 2.45. The zero-order chi connectivity index (χ0) is 18.1. The monoisotopic (exact) mass is 364 g/mol. The van der Waals surface area contributed by atoms with Crippen molar-refractivity contribution in [3.63, 3.8) is 0 Å². The predicted molar refractivity (Wildman–Crippen MR) is 107 cm³/mol. The van der Waals surface area contributed by atoms with Gasteiger partial charge in [0, 0.05) is 25.7 Å². The molecule has 1 aromatic carbocycles. The molecule has 27 heavy (non-hydrogen) atoms. The molecule has 2 aromatic rings. The second kappa shape index (κ2) is 7.43. The van der Waals surface area contributed by atoms with Gasteiger partial charge in [-0.2, -0.15) is 4.98 Å². The lowest BCUT2D eigenvalue weighted by molar-refractivity contribution is 0.106. The van der Waals surface area contributed by atoms with Gasteiger partial charge in [0.25, 0.3) is 0 Å². The van der Waals surface area contributed by atoms with Gasteiger partial charge in [0.05, 0.1) is 0 Å². The average Bonchev–Trinajstić information content (AvgIpc) is 2.71. The van der Waals surface area contributed by atoms with Gasteiger partial charge >= 0.3 is 0 Å². The van der Waals surface area contributed by atoms with Crippen molar-refractivity contribution in [1.82, 2.24) is 20.3 Å². The van der Waals surface area contributed by atoms with E-state index in [4.69, 9.17) is 4.98 Å². The Bertz CT molecular complexity index is 760. The molecule has 0 amide bonds. The molecule has 3 heterocycles. The fraction of sp³-hybridized carbons (Fsp3) is 0.571. The van der Waals surface area contributed by atoms with Crippen LogP contribution in [0.3, 0.4) is 0 Å². The SMILES string of the molecule is c1ccc([C@H]2C[C@@H]3CCN(c4ncnc(NC5CCCNC5)n4)C[C@@H]32)cc1. The predicted octanol–water partition coefficient (Wildman–Crippen LogP) is 2.67. The van der Waals surface area contributed by atoms with Crippen molar-refractivity contribution < 1.29 is 0 Å². The van der Waals surface area contributed by atoms with Gasteiger partial charge in [-0.05, 0) is 55.5 Å². The molecule has 2 N–H and O–H groups in total. The van der Waals surface area contributed by atoms with E-state index in [-0.39, 0.29) is 0 Å². The summed E-state index contributed by atoms with van der Waals surface area (Å²) in [7, 11) is 0. The third-order valence-electron chi connectivity index (χ3n) is 6.58. The normalized spacial score (nSPS) is 30.3. The molecule has 4 atom stereocenters. The number of benzene rings is 1. The number of piperidine rings is 2. The van der Waals surface area contributed by atoms with Crippen molar-refractivity contribution in [3.05, 3.63) is 42.2 Å². The molecule has 1 aliphatic carbocycles. The molecule has 3 fully saturated rings. The van der Waals surface area contributed by atoms with Crippen LogP contribution in [-0.4, -0.2) is 47.2 Å². The third-order valence-corrected chi connectivity index (χ3v) is 6.58. The van der Waals surface area contributed by atoms with Crippen LogP contribution >= 0.6 is 0 Å². The fourth-order valence-corrected chi connectivity index (χ4v) is 5.02. The minimum atomic E-state index is 0.411. The first-order valence-electron chi connectivity index (χ1n) is 10.3. The van der Waals surface area contributed by atoms with E-state index in [0.29, 0.717) is 17.9 Å². The number of nitrogens with zero attached hydrogens (tertiary/aromatic N) is 4. The summed E-state index contributed by atoms with van der Waals surface area (Å²) < 4.78 is 0. The maximum Gasteiger partial charge on any atom is 0.230 e. The Morgan fingerprint density at radius 3 is 2.89 bits per heavy atom. The van der Waals surface area contributed by atoms with Crippen molar-refractivity contribution in [3.8, 4) is 0 Å². The largest absolute Gasteiger partial charge is 0.350 e.